The number of fused-ring (bicyclic) bond motifs is 3. The molecule has 0 spiro atoms. The van der Waals surface area contributed by atoms with Crippen LogP contribution in [-0.2, 0) is 10.8 Å². The van der Waals surface area contributed by atoms with Gasteiger partial charge in [0.15, 0.2) is 0 Å². The van der Waals surface area contributed by atoms with E-state index in [1.165, 1.54) is 16.5 Å². The van der Waals surface area contributed by atoms with Gasteiger partial charge < -0.3 is 4.74 Å². The number of hydrogen-bond donors (Lipinski definition) is 0. The minimum absolute atomic E-state index is 0.0160. The van der Waals surface area contributed by atoms with Crippen LogP contribution in [0.5, 0.6) is 11.5 Å². The molecular weight excluding hydrogens is 552 g/mol. The van der Waals surface area contributed by atoms with E-state index in [9.17, 15) is 0 Å². The molecule has 5 heteroatoms. The van der Waals surface area contributed by atoms with E-state index in [2.05, 4.69) is 136 Å². The lowest BCUT2D eigenvalue weighted by molar-refractivity contribution is -0.600. The van der Waals surface area contributed by atoms with E-state index >= 15 is 0 Å². The number of ether oxygens (including phenoxy) is 1. The molecule has 0 saturated carbocycles. The molecule has 7 rings (SSSR count). The Morgan fingerprint density at radius 1 is 0.689 bits per heavy atom. The zero-order valence-corrected chi connectivity index (χ0v) is 26.7. The zero-order chi connectivity index (χ0) is 31.3. The molecule has 7 aromatic rings. The number of rotatable bonds is 5. The summed E-state index contributed by atoms with van der Waals surface area (Å²) in [6, 6.07) is 35.7. The highest BCUT2D eigenvalue weighted by molar-refractivity contribution is 6.09. The normalized spacial score (nSPS) is 12.2. The van der Waals surface area contributed by atoms with Gasteiger partial charge in [0.25, 0.3) is 6.33 Å². The standard InChI is InChI=1S/C40H38N4O/c1-39(2,3)28-20-21-41-38(24-28)44-35-16-9-7-14-32(35)33-19-18-31(26-37(33)44)45-30-13-11-12-29(25-30)42-22-23-43(27-42)36-17-10-8-15-34(36)40(4,5)6/h7-26H,1-6H3. The number of aromatic nitrogens is 4. The summed E-state index contributed by atoms with van der Waals surface area (Å²) in [6.07, 6.45) is 9.48. The maximum absolute atomic E-state index is 6.50. The van der Waals surface area contributed by atoms with Crippen LogP contribution in [-0.4, -0.2) is 14.1 Å². The van der Waals surface area contributed by atoms with Crippen LogP contribution in [0.2, 0.25) is 0 Å². The molecule has 5 nitrogen and oxygen atoms in total. The van der Waals surface area contributed by atoms with Gasteiger partial charge in [-0.3, -0.25) is 13.7 Å². The van der Waals surface area contributed by atoms with Crippen LogP contribution < -0.4 is 9.30 Å². The summed E-state index contributed by atoms with van der Waals surface area (Å²) in [5, 5.41) is 2.35. The molecule has 0 saturated heterocycles. The fraction of sp³-hybridized carbons (Fsp3) is 0.200. The lowest BCUT2D eigenvalue weighted by Crippen LogP contribution is -2.32. The second kappa shape index (κ2) is 10.8. The van der Waals surface area contributed by atoms with Gasteiger partial charge in [0.1, 0.15) is 17.3 Å². The Hall–Kier alpha value is -5.16. The molecule has 0 radical (unpaired) electrons. The van der Waals surface area contributed by atoms with Crippen molar-refractivity contribution in [2.45, 2.75) is 52.4 Å². The van der Waals surface area contributed by atoms with Gasteiger partial charge in [-0.25, -0.2) is 4.98 Å². The van der Waals surface area contributed by atoms with E-state index in [-0.39, 0.29) is 10.8 Å². The first kappa shape index (κ1) is 28.6. The average Bonchev–Trinajstić information content (AvgIpc) is 3.64. The molecule has 0 atom stereocenters. The third-order valence-corrected chi connectivity index (χ3v) is 8.37. The third-order valence-electron chi connectivity index (χ3n) is 8.37. The van der Waals surface area contributed by atoms with E-state index in [1.807, 2.05) is 47.4 Å². The highest BCUT2D eigenvalue weighted by Gasteiger charge is 2.20. The second-order valence-electron chi connectivity index (χ2n) is 13.7. The van der Waals surface area contributed by atoms with E-state index in [0.717, 1.165) is 45.1 Å². The van der Waals surface area contributed by atoms with Crippen molar-refractivity contribution in [3.63, 3.8) is 0 Å². The predicted octanol–water partition coefficient (Wildman–Crippen LogP) is 9.43. The van der Waals surface area contributed by atoms with E-state index in [0.29, 0.717) is 0 Å². The Kier molecular flexibility index (Phi) is 6.85. The van der Waals surface area contributed by atoms with Crippen molar-refractivity contribution >= 4 is 21.8 Å². The van der Waals surface area contributed by atoms with Crippen molar-refractivity contribution in [2.24, 2.45) is 0 Å². The van der Waals surface area contributed by atoms with Gasteiger partial charge in [-0.05, 0) is 76.6 Å². The van der Waals surface area contributed by atoms with Gasteiger partial charge in [0.2, 0.25) is 0 Å². The van der Waals surface area contributed by atoms with Crippen LogP contribution in [0.25, 0.3) is 39.0 Å². The summed E-state index contributed by atoms with van der Waals surface area (Å²) < 4.78 is 12.8. The molecule has 0 fully saturated rings. The summed E-state index contributed by atoms with van der Waals surface area (Å²) in [5.74, 6) is 2.42. The summed E-state index contributed by atoms with van der Waals surface area (Å²) in [6.45, 7) is 13.4. The minimum Gasteiger partial charge on any atom is -0.458 e. The first-order valence-electron chi connectivity index (χ1n) is 15.5. The van der Waals surface area contributed by atoms with E-state index < -0.39 is 0 Å². The number of hydrogen-bond acceptors (Lipinski definition) is 2. The van der Waals surface area contributed by atoms with Gasteiger partial charge in [0, 0.05) is 35.4 Å². The maximum atomic E-state index is 6.50. The summed E-state index contributed by atoms with van der Waals surface area (Å²) >= 11 is 0. The van der Waals surface area contributed by atoms with Gasteiger partial charge in [-0.2, -0.15) is 0 Å². The first-order chi connectivity index (χ1) is 21.6. The number of imidazole rings is 1. The molecule has 0 amide bonds. The number of benzene rings is 4. The van der Waals surface area contributed by atoms with E-state index in [4.69, 9.17) is 9.72 Å². The zero-order valence-electron chi connectivity index (χ0n) is 26.7. The van der Waals surface area contributed by atoms with E-state index in [1.54, 1.807) is 0 Å². The molecule has 3 heterocycles. The second-order valence-corrected chi connectivity index (χ2v) is 13.7. The molecular formula is C40H38N4O. The molecule has 0 aliphatic carbocycles. The fourth-order valence-electron chi connectivity index (χ4n) is 6.01. The fourth-order valence-corrected chi connectivity index (χ4v) is 6.01. The lowest BCUT2D eigenvalue weighted by atomic mass is 9.86. The molecule has 224 valence electrons. The van der Waals surface area contributed by atoms with Crippen molar-refractivity contribution in [1.82, 2.24) is 14.1 Å². The first-order valence-corrected chi connectivity index (χ1v) is 15.5. The van der Waals surface area contributed by atoms with Crippen molar-refractivity contribution in [1.29, 1.82) is 0 Å². The smallest absolute Gasteiger partial charge is 0.268 e. The number of nitrogens with zero attached hydrogens (tertiary/aromatic N) is 4. The molecule has 4 aromatic carbocycles. The minimum atomic E-state index is 0.0160. The lowest BCUT2D eigenvalue weighted by Gasteiger charge is -2.23. The number of para-hydroxylation sites is 2. The Bertz CT molecular complexity index is 2170. The van der Waals surface area contributed by atoms with Crippen LogP contribution >= 0.6 is 0 Å². The van der Waals surface area contributed by atoms with Gasteiger partial charge in [-0.15, -0.1) is 0 Å². The Balaban J connectivity index is 1.25. The largest absolute Gasteiger partial charge is 0.458 e. The number of pyridine rings is 1. The summed E-state index contributed by atoms with van der Waals surface area (Å²) in [7, 11) is 0. The van der Waals surface area contributed by atoms with Crippen LogP contribution in [0.3, 0.4) is 0 Å². The molecule has 0 unspecified atom stereocenters. The Morgan fingerprint density at radius 2 is 1.44 bits per heavy atom. The van der Waals surface area contributed by atoms with Gasteiger partial charge >= 0.3 is 0 Å². The maximum Gasteiger partial charge on any atom is 0.268 e. The Labute approximate surface area is 265 Å². The monoisotopic (exact) mass is 590 g/mol. The topological polar surface area (TPSA) is 35.9 Å². The third kappa shape index (κ3) is 5.40. The quantitative estimate of drug-likeness (QED) is 0.148. The van der Waals surface area contributed by atoms with Crippen LogP contribution in [0.15, 0.2) is 122 Å². The van der Waals surface area contributed by atoms with Crippen LogP contribution in [0, 0.1) is 6.33 Å². The SMILES string of the molecule is CC(C)(C)c1ccnc(-n2c3ccccc3c3ccc(Oc4cccc(-n5[c-][n+](-c6ccccc6C(C)(C)C)cc5)c4)cc32)c1. The summed E-state index contributed by atoms with van der Waals surface area (Å²) in [5.41, 5.74) is 6.82. The predicted molar refractivity (Wildman–Crippen MR) is 182 cm³/mol. The molecule has 3 aromatic heterocycles. The molecule has 0 aliphatic heterocycles. The molecule has 0 bridgehead atoms. The Morgan fingerprint density at radius 3 is 2.27 bits per heavy atom. The molecule has 45 heavy (non-hydrogen) atoms. The van der Waals surface area contributed by atoms with Gasteiger partial charge in [-0.1, -0.05) is 84.0 Å². The van der Waals surface area contributed by atoms with Gasteiger partial charge in [0.05, 0.1) is 22.4 Å². The van der Waals surface area contributed by atoms with Crippen LogP contribution in [0.4, 0.5) is 0 Å². The van der Waals surface area contributed by atoms with Crippen molar-refractivity contribution < 1.29 is 9.30 Å². The highest BCUT2D eigenvalue weighted by Crippen LogP contribution is 2.36. The molecule has 0 aliphatic rings. The summed E-state index contributed by atoms with van der Waals surface area (Å²) in [4.78, 5) is 4.81. The molecule has 0 N–H and O–H groups in total. The van der Waals surface area contributed by atoms with Crippen molar-refractivity contribution in [3.05, 3.63) is 139 Å². The van der Waals surface area contributed by atoms with Crippen molar-refractivity contribution in [3.8, 4) is 28.7 Å². The van der Waals surface area contributed by atoms with Crippen molar-refractivity contribution in [2.75, 3.05) is 0 Å². The average molecular weight is 591 g/mol. The highest BCUT2D eigenvalue weighted by atomic mass is 16.5. The van der Waals surface area contributed by atoms with Crippen LogP contribution in [0.1, 0.15) is 52.7 Å².